The van der Waals surface area contributed by atoms with Gasteiger partial charge in [-0.3, -0.25) is 9.59 Å². The zero-order valence-electron chi connectivity index (χ0n) is 12.6. The largest absolute Gasteiger partial charge is 0.494 e. The molecule has 1 N–H and O–H groups in total. The normalized spacial score (nSPS) is 10.5. The van der Waals surface area contributed by atoms with Crippen LogP contribution >= 0.6 is 0 Å². The van der Waals surface area contributed by atoms with E-state index in [1.165, 1.54) is 13.2 Å². The number of rotatable bonds is 6. The number of hydrogen-bond acceptors (Lipinski definition) is 4. The molecule has 0 aliphatic heterocycles. The Morgan fingerprint density at radius 3 is 2.57 bits per heavy atom. The molecule has 0 fully saturated rings. The Labute approximate surface area is 123 Å². The van der Waals surface area contributed by atoms with E-state index in [9.17, 15) is 14.0 Å². The monoisotopic (exact) mass is 294 g/mol. The number of benzene rings is 1. The van der Waals surface area contributed by atoms with Crippen molar-refractivity contribution in [3.8, 4) is 5.75 Å². The Morgan fingerprint density at radius 1 is 1.38 bits per heavy atom. The Hall–Kier alpha value is -2.37. The molecular weight excluding hydrogens is 275 g/mol. The van der Waals surface area contributed by atoms with Crippen molar-refractivity contribution in [1.29, 1.82) is 0 Å². The van der Waals surface area contributed by atoms with Gasteiger partial charge in [-0.1, -0.05) is 6.92 Å². The third-order valence-electron chi connectivity index (χ3n) is 2.64. The number of carbonyl (C=O) groups is 2. The quantitative estimate of drug-likeness (QED) is 0.646. The highest BCUT2D eigenvalue weighted by molar-refractivity contribution is 6.08. The number of ketones is 1. The molecule has 0 saturated carbocycles. The summed E-state index contributed by atoms with van der Waals surface area (Å²) < 4.78 is 18.8. The van der Waals surface area contributed by atoms with E-state index in [1.807, 2.05) is 0 Å². The summed E-state index contributed by atoms with van der Waals surface area (Å²) in [6, 6.07) is 2.21. The average molecular weight is 294 g/mol. The molecule has 0 aliphatic rings. The Balaban J connectivity index is 3.25. The van der Waals surface area contributed by atoms with E-state index in [1.54, 1.807) is 32.1 Å². The van der Waals surface area contributed by atoms with Crippen LogP contribution in [0.5, 0.6) is 5.75 Å². The molecule has 0 heterocycles. The molecule has 0 unspecified atom stereocenters. The number of carbonyl (C=O) groups excluding carboxylic acids is 2. The number of halogens is 1. The summed E-state index contributed by atoms with van der Waals surface area (Å²) in [4.78, 5) is 25.3. The van der Waals surface area contributed by atoms with Crippen LogP contribution < -0.4 is 10.1 Å². The molecule has 0 spiro atoms. The van der Waals surface area contributed by atoms with E-state index in [0.717, 1.165) is 12.1 Å². The van der Waals surface area contributed by atoms with Crippen LogP contribution in [0.15, 0.2) is 24.4 Å². The maximum absolute atomic E-state index is 13.7. The number of anilines is 1. The van der Waals surface area contributed by atoms with Crippen molar-refractivity contribution in [2.45, 2.75) is 13.3 Å². The zero-order valence-corrected chi connectivity index (χ0v) is 12.6. The third-order valence-corrected chi connectivity index (χ3v) is 2.64. The molecule has 1 amide bonds. The van der Waals surface area contributed by atoms with Crippen LogP contribution in [-0.2, 0) is 4.79 Å². The van der Waals surface area contributed by atoms with Gasteiger partial charge in [-0.25, -0.2) is 4.39 Å². The van der Waals surface area contributed by atoms with E-state index >= 15 is 0 Å². The molecule has 1 rings (SSSR count). The van der Waals surface area contributed by atoms with Crippen molar-refractivity contribution < 1.29 is 18.7 Å². The van der Waals surface area contributed by atoms with Gasteiger partial charge < -0.3 is 15.0 Å². The highest BCUT2D eigenvalue weighted by atomic mass is 19.1. The van der Waals surface area contributed by atoms with Gasteiger partial charge in [0.05, 0.1) is 18.4 Å². The number of amides is 1. The highest BCUT2D eigenvalue weighted by Crippen LogP contribution is 2.31. The van der Waals surface area contributed by atoms with E-state index in [0.29, 0.717) is 0 Å². The highest BCUT2D eigenvalue weighted by Gasteiger charge is 2.17. The lowest BCUT2D eigenvalue weighted by Gasteiger charge is -2.13. The third kappa shape index (κ3) is 4.59. The number of nitrogens with one attached hydrogen (secondary N) is 1. The van der Waals surface area contributed by atoms with Gasteiger partial charge in [0.25, 0.3) is 0 Å². The van der Waals surface area contributed by atoms with E-state index in [-0.39, 0.29) is 29.3 Å². The predicted octanol–water partition coefficient (Wildman–Crippen LogP) is 2.44. The molecule has 5 nitrogen and oxygen atoms in total. The van der Waals surface area contributed by atoms with Crippen molar-refractivity contribution in [2.24, 2.45) is 0 Å². The maximum Gasteiger partial charge on any atom is 0.224 e. The molecule has 0 aromatic heterocycles. The van der Waals surface area contributed by atoms with Crippen LogP contribution in [0.1, 0.15) is 23.7 Å². The van der Waals surface area contributed by atoms with Crippen LogP contribution in [0, 0.1) is 5.82 Å². The van der Waals surface area contributed by atoms with Gasteiger partial charge >= 0.3 is 0 Å². The number of ether oxygens (including phenoxy) is 1. The molecule has 1 aromatic carbocycles. The van der Waals surface area contributed by atoms with Crippen molar-refractivity contribution >= 4 is 17.4 Å². The summed E-state index contributed by atoms with van der Waals surface area (Å²) in [5.41, 5.74) is 0.202. The molecule has 0 radical (unpaired) electrons. The molecular formula is C15H19FN2O3. The molecule has 21 heavy (non-hydrogen) atoms. The van der Waals surface area contributed by atoms with Gasteiger partial charge in [0.15, 0.2) is 11.5 Å². The van der Waals surface area contributed by atoms with Gasteiger partial charge in [0.1, 0.15) is 5.82 Å². The first kappa shape index (κ1) is 16.7. The van der Waals surface area contributed by atoms with E-state index in [2.05, 4.69) is 5.32 Å². The fourth-order valence-electron chi connectivity index (χ4n) is 1.63. The molecule has 0 saturated heterocycles. The lowest BCUT2D eigenvalue weighted by Crippen LogP contribution is -2.13. The molecule has 1 aromatic rings. The second kappa shape index (κ2) is 7.42. The minimum Gasteiger partial charge on any atom is -0.494 e. The summed E-state index contributed by atoms with van der Waals surface area (Å²) in [6.45, 7) is 1.67. The summed E-state index contributed by atoms with van der Waals surface area (Å²) >= 11 is 0. The van der Waals surface area contributed by atoms with Crippen molar-refractivity contribution in [3.05, 3.63) is 35.8 Å². The average Bonchev–Trinajstić information content (AvgIpc) is 2.43. The Morgan fingerprint density at radius 2 is 2.05 bits per heavy atom. The number of hydrogen-bond donors (Lipinski definition) is 1. The molecule has 0 atom stereocenters. The Kier molecular flexibility index (Phi) is 5.90. The van der Waals surface area contributed by atoms with Gasteiger partial charge in [-0.15, -0.1) is 0 Å². The first-order valence-electron chi connectivity index (χ1n) is 6.45. The summed E-state index contributed by atoms with van der Waals surface area (Å²) in [5.74, 6) is -1.18. The van der Waals surface area contributed by atoms with Gasteiger partial charge in [-0.2, -0.15) is 0 Å². The maximum atomic E-state index is 13.7. The molecule has 114 valence electrons. The summed E-state index contributed by atoms with van der Waals surface area (Å²) in [5, 5.41) is 2.52. The van der Waals surface area contributed by atoms with E-state index < -0.39 is 11.6 Å². The predicted molar refractivity (Wildman–Crippen MR) is 79.0 cm³/mol. The van der Waals surface area contributed by atoms with Crippen molar-refractivity contribution in [1.82, 2.24) is 4.90 Å². The smallest absolute Gasteiger partial charge is 0.224 e. The lowest BCUT2D eigenvalue weighted by molar-refractivity contribution is -0.115. The topological polar surface area (TPSA) is 58.6 Å². The van der Waals surface area contributed by atoms with Gasteiger partial charge in [-0.05, 0) is 6.07 Å². The van der Waals surface area contributed by atoms with E-state index in [4.69, 9.17) is 4.74 Å². The second-order valence-corrected chi connectivity index (χ2v) is 4.58. The first-order chi connectivity index (χ1) is 9.88. The summed E-state index contributed by atoms with van der Waals surface area (Å²) in [7, 11) is 4.89. The lowest BCUT2D eigenvalue weighted by atomic mass is 10.1. The minimum absolute atomic E-state index is 0.0574. The second-order valence-electron chi connectivity index (χ2n) is 4.58. The zero-order chi connectivity index (χ0) is 16.0. The first-order valence-corrected chi connectivity index (χ1v) is 6.45. The van der Waals surface area contributed by atoms with Gasteiger partial charge in [0.2, 0.25) is 5.91 Å². The minimum atomic E-state index is -0.621. The van der Waals surface area contributed by atoms with Crippen LogP contribution in [-0.4, -0.2) is 37.8 Å². The molecule has 0 bridgehead atoms. The number of nitrogens with zero attached hydrogens (tertiary/aromatic N) is 1. The van der Waals surface area contributed by atoms with Crippen LogP contribution in [0.4, 0.5) is 10.1 Å². The summed E-state index contributed by atoms with van der Waals surface area (Å²) in [6.07, 6.45) is 3.10. The van der Waals surface area contributed by atoms with Crippen LogP contribution in [0.2, 0.25) is 0 Å². The fourth-order valence-corrected chi connectivity index (χ4v) is 1.63. The molecule has 6 heteroatoms. The van der Waals surface area contributed by atoms with Crippen LogP contribution in [0.3, 0.4) is 0 Å². The Bertz CT molecular complexity index is 568. The van der Waals surface area contributed by atoms with Crippen LogP contribution in [0.25, 0.3) is 0 Å². The van der Waals surface area contributed by atoms with Gasteiger partial charge in [0, 0.05) is 38.9 Å². The number of methoxy groups -OCH3 is 1. The SMILES string of the molecule is CCC(=O)Nc1cc(F)cc(C(=O)C=CN(C)C)c1OC. The van der Waals surface area contributed by atoms with Crippen molar-refractivity contribution in [3.63, 3.8) is 0 Å². The standard InChI is InChI=1S/C15H19FN2O3/c1-5-14(20)17-12-9-10(16)8-11(15(12)21-4)13(19)6-7-18(2)3/h6-9H,5H2,1-4H3,(H,17,20). The fraction of sp³-hybridized carbons (Fsp3) is 0.333. The number of allylic oxidation sites excluding steroid dienone is 1. The molecule has 0 aliphatic carbocycles. The van der Waals surface area contributed by atoms with Crippen molar-refractivity contribution in [2.75, 3.05) is 26.5 Å².